The topological polar surface area (TPSA) is 66.9 Å². The molecule has 1 fully saturated rings. The Balaban J connectivity index is 1.56. The Kier molecular flexibility index (Phi) is 4.77. The standard InChI is InChI=1S/C20H18F2N4O/c21-14-6-5-12(9-15(14)22)13-7-8-23-10-18(13)26-20(27)19-11-24-16-3-1-2-4-17(16)25-19/h1-6,9,11,13,18,23H,7-8,10H2,(H,26,27). The summed E-state index contributed by atoms with van der Waals surface area (Å²) in [6.07, 6.45) is 2.15. The lowest BCUT2D eigenvalue weighted by molar-refractivity contribution is 0.0919. The fraction of sp³-hybridized carbons (Fsp3) is 0.250. The predicted octanol–water partition coefficient (Wildman–Crippen LogP) is 2.78. The van der Waals surface area contributed by atoms with Gasteiger partial charge in [0.15, 0.2) is 11.6 Å². The molecule has 2 heterocycles. The van der Waals surface area contributed by atoms with Gasteiger partial charge in [0.25, 0.3) is 5.91 Å². The minimum absolute atomic E-state index is 0.112. The van der Waals surface area contributed by atoms with E-state index >= 15 is 0 Å². The van der Waals surface area contributed by atoms with E-state index in [0.29, 0.717) is 29.6 Å². The highest BCUT2D eigenvalue weighted by atomic mass is 19.2. The molecule has 1 aromatic heterocycles. The van der Waals surface area contributed by atoms with Crippen molar-refractivity contribution in [3.05, 3.63) is 71.6 Å². The van der Waals surface area contributed by atoms with Gasteiger partial charge in [0.2, 0.25) is 0 Å². The van der Waals surface area contributed by atoms with Crippen LogP contribution < -0.4 is 10.6 Å². The van der Waals surface area contributed by atoms with Gasteiger partial charge in [-0.15, -0.1) is 0 Å². The third kappa shape index (κ3) is 3.64. The average molecular weight is 368 g/mol. The molecule has 0 spiro atoms. The zero-order chi connectivity index (χ0) is 18.8. The number of hydrogen-bond donors (Lipinski definition) is 2. The number of fused-ring (bicyclic) bond motifs is 1. The van der Waals surface area contributed by atoms with Gasteiger partial charge in [0.1, 0.15) is 5.69 Å². The molecule has 1 saturated heterocycles. The molecule has 2 aromatic carbocycles. The molecule has 2 atom stereocenters. The number of piperidine rings is 1. The van der Waals surface area contributed by atoms with Crippen molar-refractivity contribution in [1.82, 2.24) is 20.6 Å². The third-order valence-electron chi connectivity index (χ3n) is 4.85. The van der Waals surface area contributed by atoms with Crippen molar-refractivity contribution in [2.45, 2.75) is 18.4 Å². The van der Waals surface area contributed by atoms with Crippen LogP contribution in [-0.2, 0) is 0 Å². The van der Waals surface area contributed by atoms with E-state index in [1.807, 2.05) is 18.2 Å². The summed E-state index contributed by atoms with van der Waals surface area (Å²) in [5, 5.41) is 6.19. The number of aromatic nitrogens is 2. The maximum absolute atomic E-state index is 13.6. The number of rotatable bonds is 3. The van der Waals surface area contributed by atoms with Gasteiger partial charge in [-0.2, -0.15) is 0 Å². The van der Waals surface area contributed by atoms with E-state index in [-0.39, 0.29) is 23.6 Å². The van der Waals surface area contributed by atoms with Crippen LogP contribution >= 0.6 is 0 Å². The van der Waals surface area contributed by atoms with Crippen molar-refractivity contribution in [1.29, 1.82) is 0 Å². The molecular formula is C20H18F2N4O. The van der Waals surface area contributed by atoms with E-state index in [1.165, 1.54) is 12.3 Å². The molecule has 5 nitrogen and oxygen atoms in total. The first kappa shape index (κ1) is 17.5. The molecule has 0 bridgehead atoms. The molecular weight excluding hydrogens is 350 g/mol. The SMILES string of the molecule is O=C(NC1CNCCC1c1ccc(F)c(F)c1)c1cnc2ccccc2n1. The first-order valence-electron chi connectivity index (χ1n) is 8.80. The Morgan fingerprint density at radius 2 is 1.93 bits per heavy atom. The summed E-state index contributed by atoms with van der Waals surface area (Å²) >= 11 is 0. The van der Waals surface area contributed by atoms with Gasteiger partial charge >= 0.3 is 0 Å². The minimum Gasteiger partial charge on any atom is -0.346 e. The largest absolute Gasteiger partial charge is 0.346 e. The number of nitrogens with one attached hydrogen (secondary N) is 2. The van der Waals surface area contributed by atoms with E-state index in [4.69, 9.17) is 0 Å². The molecule has 3 aromatic rings. The zero-order valence-corrected chi connectivity index (χ0v) is 14.5. The van der Waals surface area contributed by atoms with Crippen LogP contribution in [0.3, 0.4) is 0 Å². The van der Waals surface area contributed by atoms with Crippen molar-refractivity contribution in [3.8, 4) is 0 Å². The van der Waals surface area contributed by atoms with Crippen molar-refractivity contribution in [3.63, 3.8) is 0 Å². The van der Waals surface area contributed by atoms with Gasteiger partial charge in [-0.1, -0.05) is 18.2 Å². The number of carbonyl (C=O) groups is 1. The van der Waals surface area contributed by atoms with Crippen LogP contribution in [0.1, 0.15) is 28.4 Å². The number of carbonyl (C=O) groups excluding carboxylic acids is 1. The monoisotopic (exact) mass is 368 g/mol. The highest BCUT2D eigenvalue weighted by molar-refractivity contribution is 5.94. The van der Waals surface area contributed by atoms with Gasteiger partial charge in [0, 0.05) is 18.5 Å². The third-order valence-corrected chi connectivity index (χ3v) is 4.85. The number of amides is 1. The van der Waals surface area contributed by atoms with Crippen LogP contribution in [0.5, 0.6) is 0 Å². The molecule has 4 rings (SSSR count). The average Bonchev–Trinajstić information content (AvgIpc) is 2.70. The van der Waals surface area contributed by atoms with Crippen LogP contribution in [0.2, 0.25) is 0 Å². The lowest BCUT2D eigenvalue weighted by Crippen LogP contribution is -2.50. The van der Waals surface area contributed by atoms with E-state index in [2.05, 4.69) is 20.6 Å². The summed E-state index contributed by atoms with van der Waals surface area (Å²) in [6.45, 7) is 1.28. The molecule has 7 heteroatoms. The van der Waals surface area contributed by atoms with Gasteiger partial charge in [-0.3, -0.25) is 9.78 Å². The molecule has 1 amide bonds. The quantitative estimate of drug-likeness (QED) is 0.746. The normalized spacial score (nSPS) is 19.8. The van der Waals surface area contributed by atoms with E-state index in [1.54, 1.807) is 12.1 Å². The lowest BCUT2D eigenvalue weighted by atomic mass is 9.86. The number of hydrogen-bond acceptors (Lipinski definition) is 4. The van der Waals surface area contributed by atoms with Crippen LogP contribution in [0.25, 0.3) is 11.0 Å². The highest BCUT2D eigenvalue weighted by Crippen LogP contribution is 2.27. The summed E-state index contributed by atoms with van der Waals surface area (Å²) in [5.41, 5.74) is 2.26. The van der Waals surface area contributed by atoms with Crippen LogP contribution in [0.4, 0.5) is 8.78 Å². The number of benzene rings is 2. The van der Waals surface area contributed by atoms with Crippen LogP contribution in [0.15, 0.2) is 48.7 Å². The van der Waals surface area contributed by atoms with Gasteiger partial charge in [-0.25, -0.2) is 13.8 Å². The van der Waals surface area contributed by atoms with Crippen LogP contribution in [0, 0.1) is 11.6 Å². The smallest absolute Gasteiger partial charge is 0.271 e. The van der Waals surface area contributed by atoms with E-state index in [0.717, 1.165) is 12.6 Å². The molecule has 1 aliphatic heterocycles. The fourth-order valence-corrected chi connectivity index (χ4v) is 3.46. The first-order chi connectivity index (χ1) is 13.1. The highest BCUT2D eigenvalue weighted by Gasteiger charge is 2.29. The summed E-state index contributed by atoms with van der Waals surface area (Å²) in [6, 6.07) is 11.0. The lowest BCUT2D eigenvalue weighted by Gasteiger charge is -2.33. The minimum atomic E-state index is -0.878. The first-order valence-corrected chi connectivity index (χ1v) is 8.80. The molecule has 138 valence electrons. The molecule has 2 N–H and O–H groups in total. The summed E-state index contributed by atoms with van der Waals surface area (Å²) in [4.78, 5) is 21.3. The second-order valence-electron chi connectivity index (χ2n) is 6.60. The maximum atomic E-state index is 13.6. The van der Waals surface area contributed by atoms with Crippen molar-refractivity contribution in [2.75, 3.05) is 13.1 Å². The van der Waals surface area contributed by atoms with Crippen LogP contribution in [-0.4, -0.2) is 35.0 Å². The Labute approximate surface area is 154 Å². The van der Waals surface area contributed by atoms with Gasteiger partial charge < -0.3 is 10.6 Å². The van der Waals surface area contributed by atoms with Crippen molar-refractivity contribution >= 4 is 16.9 Å². The second-order valence-corrected chi connectivity index (χ2v) is 6.60. The van der Waals surface area contributed by atoms with Gasteiger partial charge in [0.05, 0.1) is 17.2 Å². The summed E-state index contributed by atoms with van der Waals surface area (Å²) < 4.78 is 26.9. The Hall–Kier alpha value is -2.93. The molecule has 0 radical (unpaired) electrons. The van der Waals surface area contributed by atoms with Crippen molar-refractivity contribution < 1.29 is 13.6 Å². The molecule has 0 aliphatic carbocycles. The Morgan fingerprint density at radius 1 is 1.11 bits per heavy atom. The number of halogens is 2. The zero-order valence-electron chi connectivity index (χ0n) is 14.5. The summed E-state index contributed by atoms with van der Waals surface area (Å²) in [5.74, 6) is -2.20. The predicted molar refractivity (Wildman–Crippen MR) is 97.4 cm³/mol. The number of nitrogens with zero attached hydrogens (tertiary/aromatic N) is 2. The number of para-hydroxylation sites is 2. The molecule has 27 heavy (non-hydrogen) atoms. The maximum Gasteiger partial charge on any atom is 0.271 e. The summed E-state index contributed by atoms with van der Waals surface area (Å²) in [7, 11) is 0. The fourth-order valence-electron chi connectivity index (χ4n) is 3.46. The Morgan fingerprint density at radius 3 is 2.74 bits per heavy atom. The second kappa shape index (κ2) is 7.36. The van der Waals surface area contributed by atoms with E-state index < -0.39 is 11.6 Å². The molecule has 1 aliphatic rings. The van der Waals surface area contributed by atoms with Gasteiger partial charge in [-0.05, 0) is 42.8 Å². The Bertz CT molecular complexity index is 995. The van der Waals surface area contributed by atoms with Crippen molar-refractivity contribution in [2.24, 2.45) is 0 Å². The molecule has 2 unspecified atom stereocenters. The van der Waals surface area contributed by atoms with E-state index in [9.17, 15) is 13.6 Å². The molecule has 0 saturated carbocycles.